The molecule has 1 aliphatic carbocycles. The lowest BCUT2D eigenvalue weighted by Gasteiger charge is -2.18. The molecule has 3 rings (SSSR count). The van der Waals surface area contributed by atoms with Crippen LogP contribution in [0.3, 0.4) is 0 Å². The molecule has 2 aromatic rings. The first kappa shape index (κ1) is 19.5. The highest BCUT2D eigenvalue weighted by atomic mass is 32.2. The predicted molar refractivity (Wildman–Crippen MR) is 112 cm³/mol. The molecule has 142 valence electrons. The molecule has 0 aliphatic heterocycles. The first-order chi connectivity index (χ1) is 13.0. The van der Waals surface area contributed by atoms with E-state index in [4.69, 9.17) is 0 Å². The molecule has 1 fully saturated rings. The van der Waals surface area contributed by atoms with Crippen molar-refractivity contribution in [3.63, 3.8) is 0 Å². The minimum atomic E-state index is -0.264. The third kappa shape index (κ3) is 5.36. The summed E-state index contributed by atoms with van der Waals surface area (Å²) in [4.78, 5) is 24.5. The Morgan fingerprint density at radius 2 is 1.74 bits per heavy atom. The van der Waals surface area contributed by atoms with Crippen molar-refractivity contribution < 1.29 is 9.59 Å². The Kier molecular flexibility index (Phi) is 6.22. The summed E-state index contributed by atoms with van der Waals surface area (Å²) in [7, 11) is 0. The third-order valence-electron chi connectivity index (χ3n) is 5.01. The molecule has 0 saturated heterocycles. The zero-order chi connectivity index (χ0) is 19.3. The number of benzene rings is 2. The lowest BCUT2D eigenvalue weighted by atomic mass is 9.96. The minimum absolute atomic E-state index is 0.00894. The number of anilines is 1. The molecule has 1 unspecified atom stereocenters. The average Bonchev–Trinajstić information content (AvgIpc) is 3.48. The summed E-state index contributed by atoms with van der Waals surface area (Å²) in [6, 6.07) is 18.0. The highest BCUT2D eigenvalue weighted by Gasteiger charge is 2.44. The van der Waals surface area contributed by atoms with Crippen molar-refractivity contribution in [2.24, 2.45) is 0 Å². The maximum atomic E-state index is 12.4. The summed E-state index contributed by atoms with van der Waals surface area (Å²) in [5.74, 6) is 0.156. The number of nitrogens with one attached hydrogen (secondary N) is 2. The highest BCUT2D eigenvalue weighted by Crippen LogP contribution is 2.47. The second-order valence-electron chi connectivity index (χ2n) is 7.23. The molecule has 1 aliphatic rings. The molecule has 1 saturated carbocycles. The van der Waals surface area contributed by atoms with Crippen LogP contribution in [0.4, 0.5) is 5.69 Å². The molecule has 0 bridgehead atoms. The first-order valence-corrected chi connectivity index (χ1v) is 10.3. The van der Waals surface area contributed by atoms with Crippen molar-refractivity contribution in [3.8, 4) is 0 Å². The van der Waals surface area contributed by atoms with Crippen molar-refractivity contribution in [1.82, 2.24) is 5.32 Å². The van der Waals surface area contributed by atoms with Crippen LogP contribution < -0.4 is 10.6 Å². The number of hydrogen-bond acceptors (Lipinski definition) is 3. The van der Waals surface area contributed by atoms with Gasteiger partial charge in [0.25, 0.3) is 0 Å². The molecular formula is C22H26N2O2S. The van der Waals surface area contributed by atoms with Gasteiger partial charge in [0.15, 0.2) is 0 Å². The maximum absolute atomic E-state index is 12.4. The standard InChI is InChI=1S/C22H26N2O2S/c1-16-8-10-19(11-9-16)24-20(25)14-27-17(2)21(26)23-15-22(12-13-22)18-6-4-3-5-7-18/h3-11,17H,12-15H2,1-2H3,(H,23,26)(H,24,25). The SMILES string of the molecule is Cc1ccc(NC(=O)CSC(C)C(=O)NCC2(c3ccccc3)CC2)cc1. The van der Waals surface area contributed by atoms with Crippen LogP contribution in [0.25, 0.3) is 0 Å². The molecule has 0 spiro atoms. The van der Waals surface area contributed by atoms with Crippen molar-refractivity contribution in [1.29, 1.82) is 0 Å². The van der Waals surface area contributed by atoms with E-state index in [9.17, 15) is 9.59 Å². The minimum Gasteiger partial charge on any atom is -0.354 e. The van der Waals surface area contributed by atoms with E-state index in [1.807, 2.05) is 56.3 Å². The van der Waals surface area contributed by atoms with Gasteiger partial charge in [-0.3, -0.25) is 9.59 Å². The monoisotopic (exact) mass is 382 g/mol. The van der Waals surface area contributed by atoms with E-state index >= 15 is 0 Å². The second-order valence-corrected chi connectivity index (χ2v) is 8.56. The van der Waals surface area contributed by atoms with Crippen LogP contribution in [-0.4, -0.2) is 29.4 Å². The third-order valence-corrected chi connectivity index (χ3v) is 6.15. The van der Waals surface area contributed by atoms with Crippen molar-refractivity contribution in [2.75, 3.05) is 17.6 Å². The van der Waals surface area contributed by atoms with E-state index in [0.29, 0.717) is 6.54 Å². The Bertz CT molecular complexity index is 786. The van der Waals surface area contributed by atoms with Crippen molar-refractivity contribution >= 4 is 29.3 Å². The molecule has 0 heterocycles. The summed E-state index contributed by atoms with van der Waals surface area (Å²) < 4.78 is 0. The summed E-state index contributed by atoms with van der Waals surface area (Å²) in [6.07, 6.45) is 2.22. The summed E-state index contributed by atoms with van der Waals surface area (Å²) in [5.41, 5.74) is 3.32. The first-order valence-electron chi connectivity index (χ1n) is 9.30. The van der Waals surface area contributed by atoms with E-state index in [0.717, 1.165) is 24.1 Å². The Morgan fingerprint density at radius 3 is 2.37 bits per heavy atom. The topological polar surface area (TPSA) is 58.2 Å². The Balaban J connectivity index is 1.41. The maximum Gasteiger partial charge on any atom is 0.234 e. The van der Waals surface area contributed by atoms with Gasteiger partial charge in [0.05, 0.1) is 11.0 Å². The normalized spacial score (nSPS) is 15.6. The highest BCUT2D eigenvalue weighted by molar-refractivity contribution is 8.01. The van der Waals surface area contributed by atoms with Crippen LogP contribution in [-0.2, 0) is 15.0 Å². The molecule has 2 amide bonds. The van der Waals surface area contributed by atoms with Crippen molar-refractivity contribution in [2.45, 2.75) is 37.4 Å². The van der Waals surface area contributed by atoms with E-state index < -0.39 is 0 Å². The van der Waals surface area contributed by atoms with Gasteiger partial charge in [0.1, 0.15) is 0 Å². The van der Waals surface area contributed by atoms with Crippen LogP contribution in [0.2, 0.25) is 0 Å². The quantitative estimate of drug-likeness (QED) is 0.728. The Labute approximate surface area is 165 Å². The van der Waals surface area contributed by atoms with Gasteiger partial charge in [-0.25, -0.2) is 0 Å². The Morgan fingerprint density at radius 1 is 1.07 bits per heavy atom. The van der Waals surface area contributed by atoms with Crippen molar-refractivity contribution in [3.05, 3.63) is 65.7 Å². The van der Waals surface area contributed by atoms with Crippen LogP contribution in [0, 0.1) is 6.92 Å². The number of carbonyl (C=O) groups is 2. The molecule has 1 atom stereocenters. The zero-order valence-corrected chi connectivity index (χ0v) is 16.6. The number of rotatable bonds is 8. The number of carbonyl (C=O) groups excluding carboxylic acids is 2. The van der Waals surface area contributed by atoms with Crippen LogP contribution >= 0.6 is 11.8 Å². The molecular weight excluding hydrogens is 356 g/mol. The van der Waals surface area contributed by atoms with Gasteiger partial charge in [0.2, 0.25) is 11.8 Å². The lowest BCUT2D eigenvalue weighted by Crippen LogP contribution is -2.37. The largest absolute Gasteiger partial charge is 0.354 e. The van der Waals surface area contributed by atoms with Gasteiger partial charge in [0, 0.05) is 17.6 Å². The van der Waals surface area contributed by atoms with Crippen LogP contribution in [0.1, 0.15) is 30.9 Å². The van der Waals surface area contributed by atoms with Gasteiger partial charge < -0.3 is 10.6 Å². The summed E-state index contributed by atoms with van der Waals surface area (Å²) in [5, 5.41) is 5.67. The van der Waals surface area contributed by atoms with Gasteiger partial charge in [-0.2, -0.15) is 0 Å². The molecule has 27 heavy (non-hydrogen) atoms. The predicted octanol–water partition coefficient (Wildman–Crippen LogP) is 3.90. The fourth-order valence-electron chi connectivity index (χ4n) is 3.02. The molecule has 4 nitrogen and oxygen atoms in total. The van der Waals surface area contributed by atoms with Gasteiger partial charge in [-0.15, -0.1) is 11.8 Å². The molecule has 5 heteroatoms. The second kappa shape index (κ2) is 8.61. The Hall–Kier alpha value is -2.27. The number of thioether (sulfide) groups is 1. The van der Waals surface area contributed by atoms with E-state index in [1.165, 1.54) is 17.3 Å². The molecule has 2 aromatic carbocycles. The van der Waals surface area contributed by atoms with E-state index in [1.54, 1.807) is 0 Å². The van der Waals surface area contributed by atoms with Gasteiger partial charge in [-0.05, 0) is 44.4 Å². The van der Waals surface area contributed by atoms with Crippen LogP contribution in [0.15, 0.2) is 54.6 Å². The fourth-order valence-corrected chi connectivity index (χ4v) is 3.73. The smallest absolute Gasteiger partial charge is 0.234 e. The van der Waals surface area contributed by atoms with Crippen LogP contribution in [0.5, 0.6) is 0 Å². The number of aryl methyl sites for hydroxylation is 1. The number of hydrogen-bond donors (Lipinski definition) is 2. The summed E-state index contributed by atoms with van der Waals surface area (Å²) in [6.45, 7) is 4.52. The fraction of sp³-hybridized carbons (Fsp3) is 0.364. The van der Waals surface area contributed by atoms with E-state index in [2.05, 4.69) is 22.8 Å². The molecule has 0 radical (unpaired) electrons. The average molecular weight is 383 g/mol. The molecule has 0 aromatic heterocycles. The van der Waals surface area contributed by atoms with E-state index in [-0.39, 0.29) is 28.2 Å². The zero-order valence-electron chi connectivity index (χ0n) is 15.8. The summed E-state index contributed by atoms with van der Waals surface area (Å²) >= 11 is 1.36. The molecule has 2 N–H and O–H groups in total. The number of amides is 2. The van der Waals surface area contributed by atoms with Gasteiger partial charge >= 0.3 is 0 Å². The lowest BCUT2D eigenvalue weighted by molar-refractivity contribution is -0.120. The van der Waals surface area contributed by atoms with Gasteiger partial charge in [-0.1, -0.05) is 48.0 Å².